The minimum atomic E-state index is -0.954. The number of halogens is 2. The van der Waals surface area contributed by atoms with Crippen molar-refractivity contribution in [3.05, 3.63) is 105 Å². The molecule has 0 saturated carbocycles. The van der Waals surface area contributed by atoms with Crippen molar-refractivity contribution in [3.8, 4) is 0 Å². The van der Waals surface area contributed by atoms with Gasteiger partial charge in [0.25, 0.3) is 0 Å². The van der Waals surface area contributed by atoms with Gasteiger partial charge in [-0.05, 0) is 59.7 Å². The molecule has 9 heteroatoms. The first kappa shape index (κ1) is 23.5. The number of rotatable bonds is 4. The lowest BCUT2D eigenvalue weighted by Crippen LogP contribution is -2.44. The monoisotopic (exact) mass is 531 g/mol. The van der Waals surface area contributed by atoms with Crippen LogP contribution in [0.1, 0.15) is 37.9 Å². The van der Waals surface area contributed by atoms with Crippen LogP contribution in [0.25, 0.3) is 6.08 Å². The quantitative estimate of drug-likeness (QED) is 0.394. The topological polar surface area (TPSA) is 101 Å². The minimum Gasteiger partial charge on any atom is -0.366 e. The highest BCUT2D eigenvalue weighted by Gasteiger charge is 2.64. The zero-order valence-electron chi connectivity index (χ0n) is 19.2. The van der Waals surface area contributed by atoms with Gasteiger partial charge in [0.15, 0.2) is 5.78 Å². The van der Waals surface area contributed by atoms with Gasteiger partial charge < -0.3 is 10.6 Å². The number of nitrogens with zero attached hydrogens (tertiary/aromatic N) is 2. The number of nitrogens with two attached hydrogens (primary N) is 1. The lowest BCUT2D eigenvalue weighted by atomic mass is 9.83. The molecular weight excluding hydrogens is 513 g/mol. The molecule has 2 fully saturated rings. The van der Waals surface area contributed by atoms with Crippen LogP contribution in [0.2, 0.25) is 10.0 Å². The summed E-state index contributed by atoms with van der Waals surface area (Å²) in [5, 5.41) is 0.558. The summed E-state index contributed by atoms with van der Waals surface area (Å²) in [6, 6.07) is 16.7. The largest absolute Gasteiger partial charge is 0.366 e. The zero-order chi connectivity index (χ0) is 26.0. The second-order valence-corrected chi connectivity index (χ2v) is 10.1. The van der Waals surface area contributed by atoms with Crippen LogP contribution in [0.15, 0.2) is 72.9 Å². The predicted octanol–water partition coefficient (Wildman–Crippen LogP) is 4.49. The van der Waals surface area contributed by atoms with Gasteiger partial charge in [0.1, 0.15) is 6.04 Å². The van der Waals surface area contributed by atoms with Gasteiger partial charge in [0.2, 0.25) is 17.7 Å². The van der Waals surface area contributed by atoms with E-state index in [9.17, 15) is 19.2 Å². The van der Waals surface area contributed by atoms with E-state index in [0.717, 1.165) is 16.0 Å². The van der Waals surface area contributed by atoms with Crippen LogP contribution >= 0.6 is 23.2 Å². The number of hydrogen-bond acceptors (Lipinski definition) is 5. The Morgan fingerprint density at radius 3 is 2.27 bits per heavy atom. The second-order valence-electron chi connectivity index (χ2n) is 9.24. The first-order valence-corrected chi connectivity index (χ1v) is 12.3. The van der Waals surface area contributed by atoms with Crippen molar-refractivity contribution in [1.82, 2.24) is 4.90 Å². The number of imide groups is 1. The molecule has 2 N–H and O–H groups in total. The van der Waals surface area contributed by atoms with Crippen LogP contribution in [0.3, 0.4) is 0 Å². The van der Waals surface area contributed by atoms with Crippen LogP contribution in [0.5, 0.6) is 0 Å². The molecule has 0 aliphatic carbocycles. The molecule has 37 heavy (non-hydrogen) atoms. The molecular formula is C28H19Cl2N3O4. The van der Waals surface area contributed by atoms with E-state index < -0.39 is 41.6 Å². The second kappa shape index (κ2) is 8.57. The molecule has 3 heterocycles. The van der Waals surface area contributed by atoms with Gasteiger partial charge in [0, 0.05) is 22.3 Å². The summed E-state index contributed by atoms with van der Waals surface area (Å²) >= 11 is 12.4. The normalized spacial score (nSPS) is 23.6. The molecule has 6 rings (SSSR count). The third-order valence-electron chi connectivity index (χ3n) is 7.34. The van der Waals surface area contributed by atoms with E-state index in [1.807, 2.05) is 35.2 Å². The fraction of sp³-hybridized carbons (Fsp3) is 0.143. The molecule has 0 bridgehead atoms. The molecule has 3 aliphatic heterocycles. The van der Waals surface area contributed by atoms with Gasteiger partial charge in [-0.15, -0.1) is 0 Å². The number of carbonyl (C=O) groups excluding carboxylic acids is 4. The van der Waals surface area contributed by atoms with Gasteiger partial charge in [-0.1, -0.05) is 47.5 Å². The van der Waals surface area contributed by atoms with Gasteiger partial charge in [-0.3, -0.25) is 19.2 Å². The molecule has 0 unspecified atom stereocenters. The number of amides is 3. The molecule has 0 radical (unpaired) electrons. The van der Waals surface area contributed by atoms with Crippen molar-refractivity contribution in [1.29, 1.82) is 0 Å². The van der Waals surface area contributed by atoms with E-state index >= 15 is 0 Å². The number of Topliss-reactive ketones (excluding diaryl/α,β-unsaturated/α-hetero) is 1. The van der Waals surface area contributed by atoms with E-state index in [-0.39, 0.29) is 21.9 Å². The lowest BCUT2D eigenvalue weighted by molar-refractivity contribution is -0.123. The Labute approximate surface area is 222 Å². The Morgan fingerprint density at radius 2 is 1.57 bits per heavy atom. The van der Waals surface area contributed by atoms with Gasteiger partial charge in [-0.2, -0.15) is 0 Å². The predicted molar refractivity (Wildman–Crippen MR) is 139 cm³/mol. The van der Waals surface area contributed by atoms with E-state index in [2.05, 4.69) is 0 Å². The van der Waals surface area contributed by atoms with Crippen LogP contribution in [-0.2, 0) is 9.59 Å². The van der Waals surface area contributed by atoms with Crippen LogP contribution < -0.4 is 10.6 Å². The first-order chi connectivity index (χ1) is 17.8. The molecule has 3 aliphatic rings. The molecule has 184 valence electrons. The maximum Gasteiger partial charge on any atom is 0.248 e. The number of benzene rings is 3. The molecule has 4 atom stereocenters. The molecule has 2 saturated heterocycles. The van der Waals surface area contributed by atoms with Gasteiger partial charge >= 0.3 is 0 Å². The molecule has 3 amide bonds. The third-order valence-corrected chi connectivity index (χ3v) is 7.88. The molecule has 0 aromatic heterocycles. The average Bonchev–Trinajstić information content (AvgIpc) is 3.36. The van der Waals surface area contributed by atoms with Crippen molar-refractivity contribution in [2.24, 2.45) is 17.6 Å². The summed E-state index contributed by atoms with van der Waals surface area (Å²) in [6.07, 6.45) is 3.66. The SMILES string of the molecule is NC(=O)c1ccc(N2C(=O)[C@H]3[C@H](C2=O)[C@@H]2c4ccccc4C=CN2[C@H]3C(=O)c2ccc(Cl)cc2Cl)cc1. The van der Waals surface area contributed by atoms with E-state index in [1.54, 1.807) is 18.3 Å². The summed E-state index contributed by atoms with van der Waals surface area (Å²) in [5.41, 5.74) is 7.93. The Balaban J connectivity index is 1.48. The fourth-order valence-corrected chi connectivity index (χ4v) is 6.24. The highest BCUT2D eigenvalue weighted by Crippen LogP contribution is 2.54. The van der Waals surface area contributed by atoms with E-state index in [1.165, 1.54) is 30.3 Å². The van der Waals surface area contributed by atoms with E-state index in [0.29, 0.717) is 10.7 Å². The van der Waals surface area contributed by atoms with Crippen LogP contribution in [0.4, 0.5) is 5.69 Å². The van der Waals surface area contributed by atoms with Crippen molar-refractivity contribution in [2.45, 2.75) is 12.1 Å². The van der Waals surface area contributed by atoms with E-state index in [4.69, 9.17) is 28.9 Å². The highest BCUT2D eigenvalue weighted by atomic mass is 35.5. The van der Waals surface area contributed by atoms with Crippen LogP contribution in [0, 0.1) is 11.8 Å². The number of hydrogen-bond donors (Lipinski definition) is 1. The summed E-state index contributed by atoms with van der Waals surface area (Å²) in [5.74, 6) is -3.60. The van der Waals surface area contributed by atoms with Crippen molar-refractivity contribution >= 4 is 58.5 Å². The summed E-state index contributed by atoms with van der Waals surface area (Å²) < 4.78 is 0. The number of anilines is 1. The molecule has 3 aromatic rings. The van der Waals surface area contributed by atoms with Crippen molar-refractivity contribution in [2.75, 3.05) is 4.90 Å². The standard InChI is InChI=1S/C28H19Cl2N3O4/c29-16-7-10-19(20(30)13-16)25(34)24-22-21(23-18-4-2-1-3-14(18)11-12-32(23)24)27(36)33(28(22)37)17-8-5-15(6-9-17)26(31)35/h1-13,21-24H,(H2,31,35)/t21-,22-,23-,24+/m0/s1. The summed E-state index contributed by atoms with van der Waals surface area (Å²) in [4.78, 5) is 56.2. The fourth-order valence-electron chi connectivity index (χ4n) is 5.74. The first-order valence-electron chi connectivity index (χ1n) is 11.6. The number of carbonyl (C=O) groups is 4. The average molecular weight is 532 g/mol. The number of ketones is 1. The number of fused-ring (bicyclic) bond motifs is 5. The Kier molecular flexibility index (Phi) is 5.44. The van der Waals surface area contributed by atoms with Gasteiger partial charge in [-0.25, -0.2) is 4.90 Å². The Bertz CT molecular complexity index is 1530. The van der Waals surface area contributed by atoms with Gasteiger partial charge in [0.05, 0.1) is 28.6 Å². The molecule has 0 spiro atoms. The minimum absolute atomic E-state index is 0.176. The van der Waals surface area contributed by atoms with Crippen LogP contribution in [-0.4, -0.2) is 34.4 Å². The molecule has 7 nitrogen and oxygen atoms in total. The van der Waals surface area contributed by atoms with Crippen molar-refractivity contribution < 1.29 is 19.2 Å². The lowest BCUT2D eigenvalue weighted by Gasteiger charge is -2.35. The smallest absolute Gasteiger partial charge is 0.248 e. The third kappa shape index (κ3) is 3.49. The number of primary amides is 1. The summed E-state index contributed by atoms with van der Waals surface area (Å²) in [6.45, 7) is 0. The van der Waals surface area contributed by atoms with Crippen molar-refractivity contribution in [3.63, 3.8) is 0 Å². The zero-order valence-corrected chi connectivity index (χ0v) is 20.7. The maximum absolute atomic E-state index is 14.0. The highest BCUT2D eigenvalue weighted by molar-refractivity contribution is 6.37. The summed E-state index contributed by atoms with van der Waals surface area (Å²) in [7, 11) is 0. The molecule has 3 aromatic carbocycles. The maximum atomic E-state index is 14.0. The Hall–Kier alpha value is -3.94. The Morgan fingerprint density at radius 1 is 0.865 bits per heavy atom.